The molecular weight excluding hydrogens is 352 g/mol. The molecule has 25 heavy (non-hydrogen) atoms. The van der Waals surface area contributed by atoms with E-state index in [4.69, 9.17) is 0 Å². The Hall–Kier alpha value is -2.12. The first-order valence-corrected chi connectivity index (χ1v) is 9.90. The van der Waals surface area contributed by atoms with Crippen LogP contribution in [0.1, 0.15) is 24.3 Å². The number of hydrogen-bond donors (Lipinski definition) is 2. The van der Waals surface area contributed by atoms with Gasteiger partial charge in [-0.2, -0.15) is 0 Å². The second-order valence-corrected chi connectivity index (χ2v) is 7.91. The summed E-state index contributed by atoms with van der Waals surface area (Å²) in [5.41, 5.74) is 2.28. The number of nitrogens with one attached hydrogen (secondary N) is 2. The van der Waals surface area contributed by atoms with Crippen LogP contribution in [0.2, 0.25) is 0 Å². The molecule has 0 aliphatic rings. The number of thiophene rings is 1. The number of carbonyl (C=O) groups excluding carboxylic acids is 1. The van der Waals surface area contributed by atoms with Gasteiger partial charge in [-0.15, -0.1) is 16.4 Å². The van der Waals surface area contributed by atoms with Crippen molar-refractivity contribution in [3.8, 4) is 11.4 Å². The van der Waals surface area contributed by atoms with E-state index in [1.807, 2.05) is 36.6 Å². The van der Waals surface area contributed by atoms with E-state index in [1.165, 1.54) is 17.3 Å². The molecule has 7 heteroatoms. The number of aromatic amines is 1. The number of carbonyl (C=O) groups is 1. The minimum Gasteiger partial charge on any atom is -0.350 e. The Bertz CT molecular complexity index is 812. The van der Waals surface area contributed by atoms with Crippen molar-refractivity contribution in [2.45, 2.75) is 37.2 Å². The van der Waals surface area contributed by atoms with E-state index in [-0.39, 0.29) is 11.2 Å². The Morgan fingerprint density at radius 3 is 2.80 bits per heavy atom. The van der Waals surface area contributed by atoms with Crippen LogP contribution >= 0.6 is 23.1 Å². The second kappa shape index (κ2) is 8.31. The largest absolute Gasteiger partial charge is 0.350 e. The topological polar surface area (TPSA) is 70.7 Å². The average Bonchev–Trinajstić information content (AvgIpc) is 3.31. The van der Waals surface area contributed by atoms with E-state index in [1.54, 1.807) is 11.3 Å². The normalized spacial score (nSPS) is 12.1. The summed E-state index contributed by atoms with van der Waals surface area (Å²) >= 11 is 2.98. The van der Waals surface area contributed by atoms with Crippen molar-refractivity contribution >= 4 is 29.0 Å². The number of rotatable bonds is 7. The molecule has 0 aliphatic heterocycles. The number of hydrogen-bond acceptors (Lipinski definition) is 5. The molecule has 1 amide bonds. The molecule has 1 aromatic carbocycles. The molecule has 0 fully saturated rings. The molecule has 0 saturated carbocycles. The molecule has 5 nitrogen and oxygen atoms in total. The Kier molecular flexibility index (Phi) is 5.88. The number of aromatic nitrogens is 3. The molecule has 3 rings (SSSR count). The summed E-state index contributed by atoms with van der Waals surface area (Å²) in [6.07, 6.45) is 1.01. The highest BCUT2D eigenvalue weighted by Gasteiger charge is 2.17. The Labute approximate surface area is 155 Å². The standard InChI is InChI=1S/C18H20N4OS2/c1-3-13-6-8-14(9-7-13)16-20-18(22-21-16)25-12(2)17(23)19-11-15-5-4-10-24-15/h4-10,12H,3,11H2,1-2H3,(H,19,23)(H,20,21,22). The average molecular weight is 373 g/mol. The molecule has 2 heterocycles. The fourth-order valence-electron chi connectivity index (χ4n) is 2.27. The highest BCUT2D eigenvalue weighted by atomic mass is 32.2. The monoisotopic (exact) mass is 372 g/mol. The predicted octanol–water partition coefficient (Wildman–Crippen LogP) is 3.89. The van der Waals surface area contributed by atoms with Crippen molar-refractivity contribution in [2.24, 2.45) is 0 Å². The van der Waals surface area contributed by atoms with Crippen LogP contribution < -0.4 is 5.32 Å². The first kappa shape index (κ1) is 17.7. The fourth-order valence-corrected chi connectivity index (χ4v) is 3.66. The molecule has 0 radical (unpaired) electrons. The van der Waals surface area contributed by atoms with E-state index in [9.17, 15) is 4.79 Å². The molecule has 2 aromatic heterocycles. The zero-order chi connectivity index (χ0) is 17.6. The minimum atomic E-state index is -0.258. The maximum absolute atomic E-state index is 12.2. The molecule has 2 N–H and O–H groups in total. The maximum Gasteiger partial charge on any atom is 0.233 e. The highest BCUT2D eigenvalue weighted by molar-refractivity contribution is 8.00. The summed E-state index contributed by atoms with van der Waals surface area (Å²) in [7, 11) is 0. The van der Waals surface area contributed by atoms with Gasteiger partial charge < -0.3 is 5.32 Å². The van der Waals surface area contributed by atoms with Crippen LogP contribution in [-0.2, 0) is 17.8 Å². The Balaban J connectivity index is 1.57. The van der Waals surface area contributed by atoms with Gasteiger partial charge in [0.25, 0.3) is 0 Å². The minimum absolute atomic E-state index is 0.0166. The lowest BCUT2D eigenvalue weighted by atomic mass is 10.1. The van der Waals surface area contributed by atoms with Gasteiger partial charge in [-0.1, -0.05) is 49.0 Å². The summed E-state index contributed by atoms with van der Waals surface area (Å²) < 4.78 is 0. The van der Waals surface area contributed by atoms with Crippen LogP contribution in [0.25, 0.3) is 11.4 Å². The Morgan fingerprint density at radius 1 is 1.32 bits per heavy atom. The van der Waals surface area contributed by atoms with Gasteiger partial charge in [0.1, 0.15) is 0 Å². The first-order chi connectivity index (χ1) is 12.2. The maximum atomic E-state index is 12.2. The van der Waals surface area contributed by atoms with Crippen LogP contribution in [0.5, 0.6) is 0 Å². The van der Waals surface area contributed by atoms with Gasteiger partial charge in [-0.3, -0.25) is 9.89 Å². The van der Waals surface area contributed by atoms with Crippen LogP contribution in [0, 0.1) is 0 Å². The lowest BCUT2D eigenvalue weighted by molar-refractivity contribution is -0.120. The van der Waals surface area contributed by atoms with Crippen LogP contribution in [0.4, 0.5) is 0 Å². The van der Waals surface area contributed by atoms with Crippen molar-refractivity contribution in [2.75, 3.05) is 0 Å². The van der Waals surface area contributed by atoms with Crippen molar-refractivity contribution in [1.29, 1.82) is 0 Å². The van der Waals surface area contributed by atoms with Crippen molar-refractivity contribution in [1.82, 2.24) is 20.5 Å². The zero-order valence-corrected chi connectivity index (χ0v) is 15.8. The van der Waals surface area contributed by atoms with Gasteiger partial charge in [0.05, 0.1) is 11.8 Å². The molecule has 3 aromatic rings. The predicted molar refractivity (Wildman–Crippen MR) is 103 cm³/mol. The molecular formula is C18H20N4OS2. The first-order valence-electron chi connectivity index (χ1n) is 8.14. The zero-order valence-electron chi connectivity index (χ0n) is 14.2. The number of aryl methyl sites for hydroxylation is 1. The van der Waals surface area contributed by atoms with Gasteiger partial charge >= 0.3 is 0 Å². The fraction of sp³-hybridized carbons (Fsp3) is 0.278. The number of thioether (sulfide) groups is 1. The lowest BCUT2D eigenvalue weighted by Gasteiger charge is -2.09. The lowest BCUT2D eigenvalue weighted by Crippen LogP contribution is -2.30. The smallest absolute Gasteiger partial charge is 0.233 e. The molecule has 1 unspecified atom stereocenters. The SMILES string of the molecule is CCc1ccc(-c2nc(SC(C)C(=O)NCc3cccs3)n[nH]2)cc1. The molecule has 0 spiro atoms. The van der Waals surface area contributed by atoms with Crippen molar-refractivity contribution < 1.29 is 4.79 Å². The third kappa shape index (κ3) is 4.70. The number of nitrogens with zero attached hydrogens (tertiary/aromatic N) is 2. The van der Waals surface area contributed by atoms with Gasteiger partial charge in [0, 0.05) is 10.4 Å². The summed E-state index contributed by atoms with van der Waals surface area (Å²) in [5, 5.41) is 12.4. The van der Waals surface area contributed by atoms with Gasteiger partial charge in [-0.25, -0.2) is 4.98 Å². The van der Waals surface area contributed by atoms with Gasteiger partial charge in [0.2, 0.25) is 11.1 Å². The van der Waals surface area contributed by atoms with E-state index < -0.39 is 0 Å². The second-order valence-electron chi connectivity index (χ2n) is 5.57. The summed E-state index contributed by atoms with van der Waals surface area (Å²) in [6, 6.07) is 12.2. The van der Waals surface area contributed by atoms with Gasteiger partial charge in [-0.05, 0) is 30.4 Å². The van der Waals surface area contributed by atoms with Crippen molar-refractivity contribution in [3.63, 3.8) is 0 Å². The highest BCUT2D eigenvalue weighted by Crippen LogP contribution is 2.23. The molecule has 0 aliphatic carbocycles. The van der Waals surface area contributed by atoms with Crippen LogP contribution in [-0.4, -0.2) is 26.3 Å². The summed E-state index contributed by atoms with van der Waals surface area (Å²) in [4.78, 5) is 17.8. The molecule has 1 atom stereocenters. The molecule has 130 valence electrons. The van der Waals surface area contributed by atoms with E-state index in [2.05, 4.69) is 39.6 Å². The van der Waals surface area contributed by atoms with Crippen molar-refractivity contribution in [3.05, 3.63) is 52.2 Å². The molecule has 0 bridgehead atoms. The number of benzene rings is 1. The van der Waals surface area contributed by atoms with E-state index in [0.29, 0.717) is 11.7 Å². The third-order valence-electron chi connectivity index (χ3n) is 3.77. The third-order valence-corrected chi connectivity index (χ3v) is 5.61. The van der Waals surface area contributed by atoms with E-state index in [0.717, 1.165) is 22.7 Å². The van der Waals surface area contributed by atoms with Crippen LogP contribution in [0.3, 0.4) is 0 Å². The summed E-state index contributed by atoms with van der Waals surface area (Å²) in [5.74, 6) is 0.702. The van der Waals surface area contributed by atoms with Gasteiger partial charge in [0.15, 0.2) is 5.82 Å². The number of H-pyrrole nitrogens is 1. The van der Waals surface area contributed by atoms with E-state index >= 15 is 0 Å². The number of amides is 1. The quantitative estimate of drug-likeness (QED) is 0.617. The molecule has 0 saturated heterocycles. The van der Waals surface area contributed by atoms with Crippen LogP contribution in [0.15, 0.2) is 46.9 Å². The Morgan fingerprint density at radius 2 is 2.12 bits per heavy atom. The summed E-state index contributed by atoms with van der Waals surface area (Å²) in [6.45, 7) is 4.55.